The maximum Gasteiger partial charge on any atom is 0.410 e. The highest BCUT2D eigenvalue weighted by atomic mass is 16.6. The molecule has 23 heavy (non-hydrogen) atoms. The molecule has 3 saturated heterocycles. The van der Waals surface area contributed by atoms with E-state index < -0.39 is 0 Å². The van der Waals surface area contributed by atoms with Crippen molar-refractivity contribution in [2.24, 2.45) is 0 Å². The SMILES string of the molecule is CCOC(=O)N1C2CC(OC(=O)c3ccccc3)CC1C1OC12. The summed E-state index contributed by atoms with van der Waals surface area (Å²) in [5.41, 5.74) is 0.550. The second-order valence-electron chi connectivity index (χ2n) is 6.17. The van der Waals surface area contributed by atoms with Crippen molar-refractivity contribution in [3.8, 4) is 0 Å². The molecule has 0 aliphatic carbocycles. The molecule has 2 bridgehead atoms. The summed E-state index contributed by atoms with van der Waals surface area (Å²) in [7, 11) is 0. The van der Waals surface area contributed by atoms with Gasteiger partial charge in [-0.2, -0.15) is 0 Å². The number of nitrogens with zero attached hydrogens (tertiary/aromatic N) is 1. The van der Waals surface area contributed by atoms with E-state index in [0.717, 1.165) is 0 Å². The molecule has 3 heterocycles. The average molecular weight is 317 g/mol. The first-order valence-corrected chi connectivity index (χ1v) is 8.05. The third-order valence-corrected chi connectivity index (χ3v) is 4.81. The molecule has 4 rings (SSSR count). The summed E-state index contributed by atoms with van der Waals surface area (Å²) in [6, 6.07) is 8.87. The zero-order valence-corrected chi connectivity index (χ0v) is 12.9. The topological polar surface area (TPSA) is 68.4 Å². The monoisotopic (exact) mass is 317 g/mol. The van der Waals surface area contributed by atoms with Crippen LogP contribution in [0.5, 0.6) is 0 Å². The number of carbonyl (C=O) groups excluding carboxylic acids is 2. The standard InChI is InChI=1S/C17H19NO5/c1-2-21-17(20)18-12-8-11(9-13(18)15-14(12)23-15)22-16(19)10-6-4-3-5-7-10/h3-7,11-15H,2,8-9H2,1H3. The van der Waals surface area contributed by atoms with Gasteiger partial charge in [0, 0.05) is 12.8 Å². The molecule has 0 radical (unpaired) electrons. The van der Waals surface area contributed by atoms with Crippen LogP contribution in [-0.4, -0.2) is 54.0 Å². The highest BCUT2D eigenvalue weighted by Gasteiger charge is 2.65. The first kappa shape index (κ1) is 14.5. The Balaban J connectivity index is 1.43. The second-order valence-corrected chi connectivity index (χ2v) is 6.17. The molecule has 3 aliphatic heterocycles. The van der Waals surface area contributed by atoms with E-state index in [2.05, 4.69) is 0 Å². The summed E-state index contributed by atoms with van der Waals surface area (Å²) in [6.45, 7) is 2.16. The van der Waals surface area contributed by atoms with Gasteiger partial charge in [0.05, 0.1) is 24.3 Å². The molecular formula is C17H19NO5. The molecular weight excluding hydrogens is 298 g/mol. The third kappa shape index (κ3) is 2.47. The number of hydrogen-bond donors (Lipinski definition) is 0. The van der Waals surface area contributed by atoms with Gasteiger partial charge in [-0.25, -0.2) is 9.59 Å². The predicted molar refractivity (Wildman–Crippen MR) is 80.0 cm³/mol. The van der Waals surface area contributed by atoms with E-state index in [1.807, 2.05) is 18.2 Å². The Bertz CT molecular complexity index is 601. The van der Waals surface area contributed by atoms with Gasteiger partial charge in [-0.05, 0) is 19.1 Å². The zero-order valence-electron chi connectivity index (χ0n) is 12.9. The van der Waals surface area contributed by atoms with Gasteiger partial charge in [0.2, 0.25) is 0 Å². The summed E-state index contributed by atoms with van der Waals surface area (Å²) < 4.78 is 16.4. The van der Waals surface area contributed by atoms with Gasteiger partial charge in [0.1, 0.15) is 18.3 Å². The number of carbonyl (C=O) groups is 2. The zero-order chi connectivity index (χ0) is 16.0. The minimum atomic E-state index is -0.311. The van der Waals surface area contributed by atoms with Crippen molar-refractivity contribution in [1.82, 2.24) is 4.90 Å². The minimum absolute atomic E-state index is 0.0497. The van der Waals surface area contributed by atoms with Gasteiger partial charge in [-0.1, -0.05) is 18.2 Å². The second kappa shape index (κ2) is 5.53. The molecule has 1 amide bonds. The van der Waals surface area contributed by atoms with Crippen LogP contribution >= 0.6 is 0 Å². The third-order valence-electron chi connectivity index (χ3n) is 4.81. The van der Waals surface area contributed by atoms with E-state index in [1.54, 1.807) is 24.0 Å². The Morgan fingerprint density at radius 1 is 1.17 bits per heavy atom. The average Bonchev–Trinajstić information content (AvgIpc) is 3.32. The summed E-state index contributed by atoms with van der Waals surface area (Å²) in [5.74, 6) is -0.311. The largest absolute Gasteiger partial charge is 0.459 e. The first-order valence-electron chi connectivity index (χ1n) is 8.05. The van der Waals surface area contributed by atoms with Crippen molar-refractivity contribution < 1.29 is 23.8 Å². The number of esters is 1. The normalized spacial score (nSPS) is 33.8. The van der Waals surface area contributed by atoms with Gasteiger partial charge in [0.25, 0.3) is 0 Å². The number of benzene rings is 1. The Morgan fingerprint density at radius 2 is 1.83 bits per heavy atom. The van der Waals surface area contributed by atoms with E-state index in [0.29, 0.717) is 25.0 Å². The van der Waals surface area contributed by atoms with Crippen molar-refractivity contribution in [1.29, 1.82) is 0 Å². The van der Waals surface area contributed by atoms with Crippen molar-refractivity contribution in [3.05, 3.63) is 35.9 Å². The Labute approximate surface area is 134 Å². The lowest BCUT2D eigenvalue weighted by molar-refractivity contribution is -0.0294. The highest BCUT2D eigenvalue weighted by Crippen LogP contribution is 2.49. The molecule has 4 unspecified atom stereocenters. The van der Waals surface area contributed by atoms with Crippen molar-refractivity contribution in [2.75, 3.05) is 6.61 Å². The molecule has 4 atom stereocenters. The molecule has 6 nitrogen and oxygen atoms in total. The Morgan fingerprint density at radius 3 is 2.43 bits per heavy atom. The lowest BCUT2D eigenvalue weighted by atomic mass is 9.99. The lowest BCUT2D eigenvalue weighted by Gasteiger charge is -2.39. The smallest absolute Gasteiger partial charge is 0.410 e. The van der Waals surface area contributed by atoms with Crippen molar-refractivity contribution in [2.45, 2.75) is 50.2 Å². The molecule has 122 valence electrons. The van der Waals surface area contributed by atoms with E-state index in [-0.39, 0.29) is 42.5 Å². The van der Waals surface area contributed by atoms with Crippen LogP contribution in [0.1, 0.15) is 30.1 Å². The van der Waals surface area contributed by atoms with E-state index in [4.69, 9.17) is 14.2 Å². The fraction of sp³-hybridized carbons (Fsp3) is 0.529. The van der Waals surface area contributed by atoms with Gasteiger partial charge >= 0.3 is 12.1 Å². The lowest BCUT2D eigenvalue weighted by Crippen LogP contribution is -2.52. The Kier molecular flexibility index (Phi) is 3.49. The van der Waals surface area contributed by atoms with Crippen LogP contribution in [0.4, 0.5) is 4.79 Å². The summed E-state index contributed by atoms with van der Waals surface area (Å²) in [4.78, 5) is 26.1. The molecule has 1 aromatic carbocycles. The van der Waals surface area contributed by atoms with Crippen LogP contribution in [0, 0.1) is 0 Å². The van der Waals surface area contributed by atoms with Crippen molar-refractivity contribution >= 4 is 12.1 Å². The molecule has 0 spiro atoms. The summed E-state index contributed by atoms with van der Waals surface area (Å²) in [5, 5.41) is 0. The van der Waals surface area contributed by atoms with Gasteiger partial charge < -0.3 is 14.2 Å². The van der Waals surface area contributed by atoms with Crippen LogP contribution < -0.4 is 0 Å². The highest BCUT2D eigenvalue weighted by molar-refractivity contribution is 5.89. The Hall–Kier alpha value is -2.08. The molecule has 3 fully saturated rings. The quantitative estimate of drug-likeness (QED) is 0.630. The molecule has 0 aromatic heterocycles. The van der Waals surface area contributed by atoms with Crippen molar-refractivity contribution in [3.63, 3.8) is 0 Å². The van der Waals surface area contributed by atoms with Crippen LogP contribution in [-0.2, 0) is 14.2 Å². The van der Waals surface area contributed by atoms with Gasteiger partial charge in [-0.3, -0.25) is 4.90 Å². The number of amides is 1. The van der Waals surface area contributed by atoms with Crippen LogP contribution in [0.15, 0.2) is 30.3 Å². The number of ether oxygens (including phenoxy) is 3. The maximum atomic E-state index is 12.2. The predicted octanol–water partition coefficient (Wildman–Crippen LogP) is 1.98. The molecule has 3 aliphatic rings. The van der Waals surface area contributed by atoms with Crippen LogP contribution in [0.25, 0.3) is 0 Å². The van der Waals surface area contributed by atoms with Crippen LogP contribution in [0.3, 0.4) is 0 Å². The maximum absolute atomic E-state index is 12.2. The fourth-order valence-corrected chi connectivity index (χ4v) is 3.81. The van der Waals surface area contributed by atoms with E-state index in [1.165, 1.54) is 0 Å². The minimum Gasteiger partial charge on any atom is -0.459 e. The molecule has 0 N–H and O–H groups in total. The molecule has 6 heteroatoms. The number of morpholine rings is 1. The first-order chi connectivity index (χ1) is 11.2. The summed E-state index contributed by atoms with van der Waals surface area (Å²) in [6.07, 6.45) is 0.894. The van der Waals surface area contributed by atoms with Crippen LogP contribution in [0.2, 0.25) is 0 Å². The number of rotatable bonds is 3. The van der Waals surface area contributed by atoms with Gasteiger partial charge in [-0.15, -0.1) is 0 Å². The van der Waals surface area contributed by atoms with E-state index in [9.17, 15) is 9.59 Å². The summed E-state index contributed by atoms with van der Waals surface area (Å²) >= 11 is 0. The number of piperidine rings is 1. The number of epoxide rings is 1. The molecule has 0 saturated carbocycles. The van der Waals surface area contributed by atoms with Gasteiger partial charge in [0.15, 0.2) is 0 Å². The number of hydrogen-bond acceptors (Lipinski definition) is 5. The molecule has 1 aromatic rings. The van der Waals surface area contributed by atoms with E-state index >= 15 is 0 Å². The fourth-order valence-electron chi connectivity index (χ4n) is 3.81. The number of fused-ring (bicyclic) bond motifs is 5.